The van der Waals surface area contributed by atoms with Gasteiger partial charge in [0.05, 0.1) is 14.2 Å². The van der Waals surface area contributed by atoms with E-state index in [9.17, 15) is 0 Å². The molecule has 0 radical (unpaired) electrons. The molecular weight excluding hydrogens is 367 g/mol. The standard InChI is InChI=1S/C21H21FO4S/c1-24-15-8-6-14(7-9-15)13-26-21-18(25-2)12-19-17(20(21)22)11-16(27-19)5-3-4-10-23/h3,5-9,11-12,23H,4,10,13H2,1-2H3. The minimum Gasteiger partial charge on any atom is -0.497 e. The summed E-state index contributed by atoms with van der Waals surface area (Å²) in [5.41, 5.74) is 0.898. The van der Waals surface area contributed by atoms with Crippen molar-refractivity contribution in [2.45, 2.75) is 13.0 Å². The Labute approximate surface area is 161 Å². The summed E-state index contributed by atoms with van der Waals surface area (Å²) in [7, 11) is 3.10. The molecule has 0 bridgehead atoms. The van der Waals surface area contributed by atoms with E-state index in [1.165, 1.54) is 18.4 Å². The van der Waals surface area contributed by atoms with Gasteiger partial charge in [-0.1, -0.05) is 18.2 Å². The molecule has 0 spiro atoms. The molecule has 2 aromatic carbocycles. The fraction of sp³-hybridized carbons (Fsp3) is 0.238. The molecule has 0 saturated carbocycles. The molecule has 6 heteroatoms. The average Bonchev–Trinajstić information content (AvgIpc) is 3.11. The Bertz CT molecular complexity index is 931. The van der Waals surface area contributed by atoms with Gasteiger partial charge in [-0.25, -0.2) is 4.39 Å². The van der Waals surface area contributed by atoms with Gasteiger partial charge in [0.25, 0.3) is 0 Å². The van der Waals surface area contributed by atoms with Crippen molar-refractivity contribution in [3.8, 4) is 17.2 Å². The predicted octanol–water partition coefficient (Wildman–Crippen LogP) is 5.03. The van der Waals surface area contributed by atoms with Gasteiger partial charge in [-0.15, -0.1) is 11.3 Å². The number of rotatable bonds is 8. The highest BCUT2D eigenvalue weighted by Gasteiger charge is 2.18. The molecule has 0 atom stereocenters. The molecule has 0 aliphatic rings. The number of ether oxygens (including phenoxy) is 3. The quantitative estimate of drug-likeness (QED) is 0.588. The zero-order valence-electron chi connectivity index (χ0n) is 15.2. The second kappa shape index (κ2) is 8.88. The number of halogens is 1. The van der Waals surface area contributed by atoms with Crippen LogP contribution in [0.4, 0.5) is 4.39 Å². The minimum atomic E-state index is -0.434. The number of methoxy groups -OCH3 is 2. The summed E-state index contributed by atoms with van der Waals surface area (Å²) in [5, 5.41) is 9.36. The summed E-state index contributed by atoms with van der Waals surface area (Å²) >= 11 is 1.46. The Morgan fingerprint density at radius 2 is 1.89 bits per heavy atom. The average molecular weight is 388 g/mol. The maximum Gasteiger partial charge on any atom is 0.198 e. The molecule has 0 fully saturated rings. The SMILES string of the molecule is COc1ccc(COc2c(OC)cc3sc(C=CCCO)cc3c2F)cc1. The minimum absolute atomic E-state index is 0.0902. The van der Waals surface area contributed by atoms with Crippen LogP contribution in [0.2, 0.25) is 0 Å². The van der Waals surface area contributed by atoms with Gasteiger partial charge in [0.2, 0.25) is 0 Å². The first kappa shape index (κ1) is 19.2. The molecule has 1 N–H and O–H groups in total. The van der Waals surface area contributed by atoms with E-state index in [4.69, 9.17) is 19.3 Å². The molecule has 0 aliphatic heterocycles. The van der Waals surface area contributed by atoms with Crippen molar-refractivity contribution in [1.29, 1.82) is 0 Å². The predicted molar refractivity (Wildman–Crippen MR) is 106 cm³/mol. The molecule has 0 saturated heterocycles. The third kappa shape index (κ3) is 4.40. The van der Waals surface area contributed by atoms with E-state index < -0.39 is 5.82 Å². The van der Waals surface area contributed by atoms with Crippen molar-refractivity contribution in [3.63, 3.8) is 0 Å². The van der Waals surface area contributed by atoms with E-state index in [2.05, 4.69) is 0 Å². The second-order valence-electron chi connectivity index (χ2n) is 5.83. The number of aliphatic hydroxyl groups is 1. The number of hydrogen-bond donors (Lipinski definition) is 1. The fourth-order valence-electron chi connectivity index (χ4n) is 2.64. The molecule has 1 heterocycles. The Morgan fingerprint density at radius 1 is 1.11 bits per heavy atom. The van der Waals surface area contributed by atoms with Crippen LogP contribution in [0.1, 0.15) is 16.9 Å². The van der Waals surface area contributed by atoms with Crippen LogP contribution in [0.25, 0.3) is 16.2 Å². The lowest BCUT2D eigenvalue weighted by atomic mass is 10.2. The lowest BCUT2D eigenvalue weighted by Gasteiger charge is -2.12. The highest BCUT2D eigenvalue weighted by Crippen LogP contribution is 2.40. The molecule has 142 valence electrons. The van der Waals surface area contributed by atoms with E-state index in [0.717, 1.165) is 20.9 Å². The van der Waals surface area contributed by atoms with Gasteiger partial charge in [0.1, 0.15) is 12.4 Å². The van der Waals surface area contributed by atoms with Gasteiger partial charge in [-0.2, -0.15) is 0 Å². The first-order valence-corrected chi connectivity index (χ1v) is 9.31. The third-order valence-electron chi connectivity index (χ3n) is 4.04. The van der Waals surface area contributed by atoms with Crippen molar-refractivity contribution in [1.82, 2.24) is 0 Å². The number of hydrogen-bond acceptors (Lipinski definition) is 5. The molecule has 4 nitrogen and oxygen atoms in total. The summed E-state index contributed by atoms with van der Waals surface area (Å²) in [6.45, 7) is 0.309. The molecule has 0 unspecified atom stereocenters. The Morgan fingerprint density at radius 3 is 2.56 bits per heavy atom. The Balaban J connectivity index is 1.87. The van der Waals surface area contributed by atoms with Gasteiger partial charge >= 0.3 is 0 Å². The van der Waals surface area contributed by atoms with Crippen molar-refractivity contribution in [2.24, 2.45) is 0 Å². The number of thiophene rings is 1. The van der Waals surface area contributed by atoms with Crippen LogP contribution >= 0.6 is 11.3 Å². The summed E-state index contributed by atoms with van der Waals surface area (Å²) in [5.74, 6) is 0.783. The second-order valence-corrected chi connectivity index (χ2v) is 6.95. The van der Waals surface area contributed by atoms with Crippen LogP contribution in [0, 0.1) is 5.82 Å². The van der Waals surface area contributed by atoms with Crippen molar-refractivity contribution >= 4 is 27.5 Å². The molecule has 27 heavy (non-hydrogen) atoms. The van der Waals surface area contributed by atoms with E-state index >= 15 is 4.39 Å². The molecule has 0 aliphatic carbocycles. The van der Waals surface area contributed by atoms with Gasteiger partial charge in [0, 0.05) is 27.6 Å². The lowest BCUT2D eigenvalue weighted by Crippen LogP contribution is -2.00. The summed E-state index contributed by atoms with van der Waals surface area (Å²) in [6.07, 6.45) is 4.31. The van der Waals surface area contributed by atoms with Crippen LogP contribution in [0.15, 0.2) is 42.5 Å². The first-order valence-electron chi connectivity index (χ1n) is 8.49. The van der Waals surface area contributed by atoms with Gasteiger partial charge in [0.15, 0.2) is 17.3 Å². The topological polar surface area (TPSA) is 47.9 Å². The molecule has 1 aromatic heterocycles. The molecule has 3 aromatic rings. The van der Waals surface area contributed by atoms with Gasteiger partial charge in [-0.05, 0) is 36.3 Å². The molecule has 0 amide bonds. The van der Waals surface area contributed by atoms with Crippen LogP contribution < -0.4 is 14.2 Å². The van der Waals surface area contributed by atoms with Gasteiger partial charge < -0.3 is 19.3 Å². The monoisotopic (exact) mass is 388 g/mol. The highest BCUT2D eigenvalue weighted by atomic mass is 32.1. The molecule has 3 rings (SSSR count). The van der Waals surface area contributed by atoms with Crippen LogP contribution in [-0.2, 0) is 6.61 Å². The fourth-order valence-corrected chi connectivity index (χ4v) is 3.66. The van der Waals surface area contributed by atoms with Crippen LogP contribution in [0.5, 0.6) is 17.2 Å². The first-order chi connectivity index (χ1) is 13.2. The Kier molecular flexibility index (Phi) is 6.32. The number of benzene rings is 2. The van der Waals surface area contributed by atoms with E-state index in [-0.39, 0.29) is 19.0 Å². The zero-order chi connectivity index (χ0) is 19.2. The lowest BCUT2D eigenvalue weighted by molar-refractivity contribution is 0.271. The van der Waals surface area contributed by atoms with Crippen LogP contribution in [-0.4, -0.2) is 25.9 Å². The van der Waals surface area contributed by atoms with Gasteiger partial charge in [-0.3, -0.25) is 0 Å². The summed E-state index contributed by atoms with van der Waals surface area (Å²) < 4.78 is 32.1. The summed E-state index contributed by atoms with van der Waals surface area (Å²) in [4.78, 5) is 0.909. The van der Waals surface area contributed by atoms with Crippen molar-refractivity contribution in [3.05, 3.63) is 58.7 Å². The van der Waals surface area contributed by atoms with E-state index in [1.54, 1.807) is 19.2 Å². The smallest absolute Gasteiger partial charge is 0.198 e. The zero-order valence-corrected chi connectivity index (χ0v) is 16.0. The number of aliphatic hydroxyl groups excluding tert-OH is 1. The van der Waals surface area contributed by atoms with E-state index in [1.807, 2.05) is 36.4 Å². The maximum absolute atomic E-state index is 15.1. The van der Waals surface area contributed by atoms with Crippen molar-refractivity contribution in [2.75, 3.05) is 20.8 Å². The highest BCUT2D eigenvalue weighted by molar-refractivity contribution is 7.19. The summed E-state index contributed by atoms with van der Waals surface area (Å²) in [6, 6.07) is 11.0. The van der Waals surface area contributed by atoms with Crippen LogP contribution in [0.3, 0.4) is 0 Å². The normalized spacial score (nSPS) is 11.3. The third-order valence-corrected chi connectivity index (χ3v) is 5.09. The maximum atomic E-state index is 15.1. The largest absolute Gasteiger partial charge is 0.497 e. The number of fused-ring (bicyclic) bond motifs is 1. The van der Waals surface area contributed by atoms with Crippen molar-refractivity contribution < 1.29 is 23.7 Å². The molecular formula is C21H21FO4S. The van der Waals surface area contributed by atoms with E-state index in [0.29, 0.717) is 17.6 Å². The Hall–Kier alpha value is -2.57.